The van der Waals surface area contributed by atoms with E-state index in [-0.39, 0.29) is 10.2 Å². The first-order valence-corrected chi connectivity index (χ1v) is 4.71. The number of benzene rings is 1. The lowest BCUT2D eigenvalue weighted by atomic mass is 10.1. The van der Waals surface area contributed by atoms with Crippen LogP contribution in [0.25, 0.3) is 0 Å². The lowest BCUT2D eigenvalue weighted by molar-refractivity contribution is 0.0693. The number of carboxylic acids is 1. The van der Waals surface area contributed by atoms with E-state index < -0.39 is 17.3 Å². The van der Waals surface area contributed by atoms with Gasteiger partial charge in [-0.15, -0.1) is 5.92 Å². The van der Waals surface area contributed by atoms with E-state index in [0.717, 1.165) is 0 Å². The fourth-order valence-electron chi connectivity index (χ4n) is 1.09. The summed E-state index contributed by atoms with van der Waals surface area (Å²) >= 11 is 2.91. The molecule has 0 atom stereocenters. The maximum Gasteiger partial charge on any atom is 0.340 e. The van der Waals surface area contributed by atoms with Gasteiger partial charge in [-0.05, 0) is 28.9 Å². The fraction of sp³-hybridized carbons (Fsp3) is 0.100. The number of rotatable bonds is 1. The number of anilines is 1. The third kappa shape index (κ3) is 2.10. The van der Waals surface area contributed by atoms with Gasteiger partial charge in [0.15, 0.2) is 5.82 Å². The first-order valence-electron chi connectivity index (χ1n) is 3.92. The van der Waals surface area contributed by atoms with Crippen LogP contribution in [0.15, 0.2) is 10.5 Å². The van der Waals surface area contributed by atoms with Gasteiger partial charge in [0.25, 0.3) is 0 Å². The summed E-state index contributed by atoms with van der Waals surface area (Å²) in [6, 6.07) is 1.35. The topological polar surface area (TPSA) is 63.3 Å². The zero-order valence-corrected chi connectivity index (χ0v) is 9.35. The van der Waals surface area contributed by atoms with Crippen LogP contribution in [-0.4, -0.2) is 11.1 Å². The van der Waals surface area contributed by atoms with E-state index in [0.29, 0.717) is 5.56 Å². The number of nitrogen functional groups attached to an aromatic ring is 1. The molecule has 0 amide bonds. The summed E-state index contributed by atoms with van der Waals surface area (Å²) in [5.74, 6) is 2.88. The molecular formula is C10H7BrFNO2. The van der Waals surface area contributed by atoms with Gasteiger partial charge in [0.2, 0.25) is 0 Å². The molecule has 0 radical (unpaired) electrons. The van der Waals surface area contributed by atoms with Crippen LogP contribution >= 0.6 is 15.9 Å². The van der Waals surface area contributed by atoms with E-state index in [2.05, 4.69) is 27.8 Å². The van der Waals surface area contributed by atoms with Crippen LogP contribution < -0.4 is 5.73 Å². The van der Waals surface area contributed by atoms with Crippen molar-refractivity contribution in [2.45, 2.75) is 6.92 Å². The van der Waals surface area contributed by atoms with Crippen molar-refractivity contribution in [2.24, 2.45) is 0 Å². The first-order chi connectivity index (χ1) is 6.99. The van der Waals surface area contributed by atoms with E-state index in [4.69, 9.17) is 10.8 Å². The second-order valence-corrected chi connectivity index (χ2v) is 3.54. The van der Waals surface area contributed by atoms with Gasteiger partial charge in [0, 0.05) is 5.56 Å². The van der Waals surface area contributed by atoms with Crippen molar-refractivity contribution in [3.8, 4) is 11.8 Å². The summed E-state index contributed by atoms with van der Waals surface area (Å²) in [6.45, 7) is 1.58. The molecule has 0 spiro atoms. The van der Waals surface area contributed by atoms with Crippen molar-refractivity contribution < 1.29 is 14.3 Å². The Morgan fingerprint density at radius 1 is 1.67 bits per heavy atom. The SMILES string of the molecule is CC#Cc1cc(Br)c(F)c(C(=O)O)c1N. The molecule has 78 valence electrons. The summed E-state index contributed by atoms with van der Waals surface area (Å²) in [7, 11) is 0. The third-order valence-electron chi connectivity index (χ3n) is 1.73. The molecule has 3 N–H and O–H groups in total. The third-order valence-corrected chi connectivity index (χ3v) is 2.31. The Kier molecular flexibility index (Phi) is 3.32. The van der Waals surface area contributed by atoms with E-state index in [1.807, 2.05) is 0 Å². The van der Waals surface area contributed by atoms with Crippen molar-refractivity contribution in [2.75, 3.05) is 5.73 Å². The van der Waals surface area contributed by atoms with E-state index >= 15 is 0 Å². The summed E-state index contributed by atoms with van der Waals surface area (Å²) < 4.78 is 13.4. The van der Waals surface area contributed by atoms with Crippen molar-refractivity contribution in [3.05, 3.63) is 27.5 Å². The number of hydrogen-bond acceptors (Lipinski definition) is 2. The van der Waals surface area contributed by atoms with Crippen LogP contribution in [-0.2, 0) is 0 Å². The first kappa shape index (κ1) is 11.5. The minimum atomic E-state index is -1.41. The Hall–Kier alpha value is -1.54. The Bertz CT molecular complexity index is 488. The molecule has 0 aromatic heterocycles. The molecule has 0 saturated heterocycles. The maximum absolute atomic E-state index is 13.4. The molecule has 0 heterocycles. The molecule has 1 rings (SSSR count). The lowest BCUT2D eigenvalue weighted by Crippen LogP contribution is -2.08. The highest BCUT2D eigenvalue weighted by Gasteiger charge is 2.19. The number of carbonyl (C=O) groups is 1. The van der Waals surface area contributed by atoms with Gasteiger partial charge in [0.1, 0.15) is 5.56 Å². The van der Waals surface area contributed by atoms with Gasteiger partial charge in [-0.2, -0.15) is 0 Å². The minimum absolute atomic E-state index is 0.0341. The molecule has 0 aliphatic carbocycles. The Balaban J connectivity index is 3.61. The number of hydrogen-bond donors (Lipinski definition) is 2. The van der Waals surface area contributed by atoms with Gasteiger partial charge in [0.05, 0.1) is 10.2 Å². The molecule has 0 fully saturated rings. The lowest BCUT2D eigenvalue weighted by Gasteiger charge is -2.06. The second kappa shape index (κ2) is 4.32. The van der Waals surface area contributed by atoms with Gasteiger partial charge < -0.3 is 10.8 Å². The highest BCUT2D eigenvalue weighted by molar-refractivity contribution is 9.10. The van der Waals surface area contributed by atoms with Gasteiger partial charge in [-0.3, -0.25) is 0 Å². The molecule has 0 aliphatic heterocycles. The smallest absolute Gasteiger partial charge is 0.340 e. The molecule has 0 saturated carbocycles. The van der Waals surface area contributed by atoms with Crippen molar-refractivity contribution in [1.82, 2.24) is 0 Å². The van der Waals surface area contributed by atoms with Gasteiger partial charge >= 0.3 is 5.97 Å². The van der Waals surface area contributed by atoms with Crippen LogP contribution in [0.2, 0.25) is 0 Å². The standard InChI is InChI=1S/C10H7BrFNO2/c1-2-3-5-4-6(11)8(12)7(9(5)13)10(14)15/h4H,13H2,1H3,(H,14,15). The Labute approximate surface area is 94.2 Å². The predicted molar refractivity (Wildman–Crippen MR) is 58.0 cm³/mol. The van der Waals surface area contributed by atoms with Crippen LogP contribution in [0.4, 0.5) is 10.1 Å². The summed E-state index contributed by atoms with van der Waals surface area (Å²) in [5.41, 5.74) is 5.08. The van der Waals surface area contributed by atoms with Crippen molar-refractivity contribution in [1.29, 1.82) is 0 Å². The number of aromatic carboxylic acids is 1. The molecule has 3 nitrogen and oxygen atoms in total. The largest absolute Gasteiger partial charge is 0.478 e. The van der Waals surface area contributed by atoms with Crippen molar-refractivity contribution >= 4 is 27.6 Å². The molecule has 0 bridgehead atoms. The van der Waals surface area contributed by atoms with Crippen molar-refractivity contribution in [3.63, 3.8) is 0 Å². The normalized spacial score (nSPS) is 9.27. The van der Waals surface area contributed by atoms with E-state index in [1.165, 1.54) is 6.07 Å². The van der Waals surface area contributed by atoms with E-state index in [9.17, 15) is 9.18 Å². The van der Waals surface area contributed by atoms with Crippen LogP contribution in [0.5, 0.6) is 0 Å². The minimum Gasteiger partial charge on any atom is -0.478 e. The Morgan fingerprint density at radius 3 is 2.73 bits per heavy atom. The van der Waals surface area contributed by atoms with Gasteiger partial charge in [-0.25, -0.2) is 9.18 Å². The zero-order valence-electron chi connectivity index (χ0n) is 7.77. The molecule has 5 heteroatoms. The highest BCUT2D eigenvalue weighted by atomic mass is 79.9. The molecule has 15 heavy (non-hydrogen) atoms. The summed E-state index contributed by atoms with van der Waals surface area (Å²) in [5, 5.41) is 8.77. The number of carboxylic acid groups (broad SMARTS) is 1. The van der Waals surface area contributed by atoms with Gasteiger partial charge in [-0.1, -0.05) is 5.92 Å². The predicted octanol–water partition coefficient (Wildman–Crippen LogP) is 2.24. The summed E-state index contributed by atoms with van der Waals surface area (Å²) in [4.78, 5) is 10.8. The molecule has 1 aromatic carbocycles. The highest BCUT2D eigenvalue weighted by Crippen LogP contribution is 2.27. The monoisotopic (exact) mass is 271 g/mol. The zero-order chi connectivity index (χ0) is 11.6. The Morgan fingerprint density at radius 2 is 2.27 bits per heavy atom. The maximum atomic E-state index is 13.4. The molecule has 0 aliphatic rings. The molecule has 0 unspecified atom stereocenters. The van der Waals surface area contributed by atoms with Crippen LogP contribution in [0.1, 0.15) is 22.8 Å². The summed E-state index contributed by atoms with van der Waals surface area (Å²) in [6.07, 6.45) is 0. The number of halogens is 2. The fourth-order valence-corrected chi connectivity index (χ4v) is 1.51. The average Bonchev–Trinajstić information content (AvgIpc) is 2.14. The van der Waals surface area contributed by atoms with E-state index in [1.54, 1.807) is 6.92 Å². The van der Waals surface area contributed by atoms with Crippen LogP contribution in [0, 0.1) is 17.7 Å². The molecular weight excluding hydrogens is 265 g/mol. The number of nitrogens with two attached hydrogens (primary N) is 1. The van der Waals surface area contributed by atoms with Crippen LogP contribution in [0.3, 0.4) is 0 Å². The second-order valence-electron chi connectivity index (χ2n) is 2.69. The molecule has 1 aromatic rings. The average molecular weight is 272 g/mol. The quantitative estimate of drug-likeness (QED) is 0.608.